The van der Waals surface area contributed by atoms with Gasteiger partial charge in [0.2, 0.25) is 5.82 Å². The highest BCUT2D eigenvalue weighted by Gasteiger charge is 2.17. The highest BCUT2D eigenvalue weighted by Crippen LogP contribution is 2.24. The number of pyridine rings is 1. The number of aromatic amines is 1. The van der Waals surface area contributed by atoms with E-state index in [1.165, 1.54) is 0 Å². The predicted octanol–water partition coefficient (Wildman–Crippen LogP) is 4.99. The van der Waals surface area contributed by atoms with E-state index in [1.807, 2.05) is 48.5 Å². The maximum absolute atomic E-state index is 12.4. The van der Waals surface area contributed by atoms with Gasteiger partial charge in [-0.1, -0.05) is 47.1 Å². The van der Waals surface area contributed by atoms with Crippen LogP contribution in [0.15, 0.2) is 63.9 Å². The van der Waals surface area contributed by atoms with Crippen LogP contribution < -0.4 is 5.56 Å². The van der Waals surface area contributed by atoms with Crippen molar-refractivity contribution < 1.29 is 9.26 Å². The molecular formula is C24H18ClN3O3. The fraction of sp³-hybridized carbons (Fsp3) is 0.125. The number of benzene rings is 2. The maximum atomic E-state index is 12.4. The normalized spacial score (nSPS) is 13.5. The maximum Gasteiger partial charge on any atom is 0.259 e. The number of hydrogen-bond donors (Lipinski definition) is 1. The molecule has 0 radical (unpaired) electrons. The van der Waals surface area contributed by atoms with E-state index < -0.39 is 0 Å². The van der Waals surface area contributed by atoms with Crippen molar-refractivity contribution >= 4 is 23.8 Å². The van der Waals surface area contributed by atoms with E-state index in [1.54, 1.807) is 12.1 Å². The molecule has 4 aromatic rings. The number of H-pyrrole nitrogens is 1. The Labute approximate surface area is 183 Å². The van der Waals surface area contributed by atoms with Gasteiger partial charge in [0.25, 0.3) is 11.4 Å². The highest BCUT2D eigenvalue weighted by molar-refractivity contribution is 6.30. The summed E-state index contributed by atoms with van der Waals surface area (Å²) in [4.78, 5) is 19.7. The SMILES string of the molecule is O=c1[nH]c2c(cc1-c1noc(/C=C/c3cccc(-c4ccc(Cl)cc4)c3)n1)COCC2. The second-order valence-corrected chi connectivity index (χ2v) is 7.68. The van der Waals surface area contributed by atoms with Crippen LogP contribution in [0.1, 0.15) is 22.7 Å². The molecule has 1 aliphatic rings. The van der Waals surface area contributed by atoms with Gasteiger partial charge in [0.15, 0.2) is 0 Å². The Bertz CT molecular complexity index is 1320. The summed E-state index contributed by atoms with van der Waals surface area (Å²) in [7, 11) is 0. The molecule has 0 bridgehead atoms. The van der Waals surface area contributed by atoms with Gasteiger partial charge < -0.3 is 14.2 Å². The summed E-state index contributed by atoms with van der Waals surface area (Å²) in [5, 5.41) is 4.68. The first-order chi connectivity index (χ1) is 15.2. The molecule has 0 saturated carbocycles. The van der Waals surface area contributed by atoms with E-state index in [4.69, 9.17) is 20.9 Å². The largest absolute Gasteiger partial charge is 0.376 e. The quantitative estimate of drug-likeness (QED) is 0.492. The van der Waals surface area contributed by atoms with Gasteiger partial charge in [-0.05, 0) is 52.6 Å². The molecule has 0 atom stereocenters. The van der Waals surface area contributed by atoms with Crippen LogP contribution in [0.5, 0.6) is 0 Å². The Balaban J connectivity index is 1.38. The third-order valence-electron chi connectivity index (χ3n) is 5.13. The zero-order chi connectivity index (χ0) is 21.2. The fourth-order valence-corrected chi connectivity index (χ4v) is 3.66. The Morgan fingerprint density at radius 2 is 1.90 bits per heavy atom. The van der Waals surface area contributed by atoms with Gasteiger partial charge in [-0.2, -0.15) is 4.98 Å². The van der Waals surface area contributed by atoms with Gasteiger partial charge in [-0.3, -0.25) is 4.79 Å². The molecule has 1 aliphatic heterocycles. The summed E-state index contributed by atoms with van der Waals surface area (Å²) in [6, 6.07) is 17.6. The van der Waals surface area contributed by atoms with Gasteiger partial charge in [-0.15, -0.1) is 0 Å². The fourth-order valence-electron chi connectivity index (χ4n) is 3.53. The summed E-state index contributed by atoms with van der Waals surface area (Å²) < 4.78 is 10.8. The van der Waals surface area contributed by atoms with E-state index in [0.29, 0.717) is 36.1 Å². The van der Waals surface area contributed by atoms with Gasteiger partial charge in [-0.25, -0.2) is 0 Å². The standard InChI is InChI=1S/C24H18ClN3O3/c25-19-7-5-16(6-8-19)17-3-1-2-15(12-17)4-9-22-27-23(28-31-22)20-13-18-14-30-11-10-21(18)26-24(20)29/h1-9,12-13H,10-11,14H2,(H,26,29)/b9-4+. The summed E-state index contributed by atoms with van der Waals surface area (Å²) >= 11 is 5.98. The van der Waals surface area contributed by atoms with Crippen molar-refractivity contribution in [3.8, 4) is 22.5 Å². The minimum Gasteiger partial charge on any atom is -0.376 e. The molecule has 5 rings (SSSR count). The number of aromatic nitrogens is 3. The molecule has 0 fully saturated rings. The average molecular weight is 432 g/mol. The molecule has 154 valence electrons. The molecular weight excluding hydrogens is 414 g/mol. The molecule has 31 heavy (non-hydrogen) atoms. The highest BCUT2D eigenvalue weighted by atomic mass is 35.5. The van der Waals surface area contributed by atoms with Gasteiger partial charge >= 0.3 is 0 Å². The van der Waals surface area contributed by atoms with Crippen molar-refractivity contribution in [2.24, 2.45) is 0 Å². The van der Waals surface area contributed by atoms with E-state index in [0.717, 1.165) is 27.9 Å². The summed E-state index contributed by atoms with van der Waals surface area (Å²) in [6.45, 7) is 1.08. The lowest BCUT2D eigenvalue weighted by molar-refractivity contribution is 0.109. The second kappa shape index (κ2) is 8.34. The number of fused-ring (bicyclic) bond motifs is 1. The molecule has 6 nitrogen and oxygen atoms in total. The van der Waals surface area contributed by atoms with Gasteiger partial charge in [0.1, 0.15) is 0 Å². The monoisotopic (exact) mass is 431 g/mol. The first kappa shape index (κ1) is 19.5. The van der Waals surface area contributed by atoms with E-state index in [9.17, 15) is 4.79 Å². The second-order valence-electron chi connectivity index (χ2n) is 7.24. The Kier molecular flexibility index (Phi) is 5.24. The number of ether oxygens (including phenoxy) is 1. The minimum atomic E-state index is -0.229. The van der Waals surface area contributed by atoms with E-state index in [2.05, 4.69) is 21.2 Å². The van der Waals surface area contributed by atoms with E-state index in [-0.39, 0.29) is 11.4 Å². The zero-order valence-electron chi connectivity index (χ0n) is 16.5. The van der Waals surface area contributed by atoms with Gasteiger partial charge in [0, 0.05) is 23.2 Å². The topological polar surface area (TPSA) is 81.0 Å². The minimum absolute atomic E-state index is 0.229. The number of nitrogens with zero attached hydrogens (tertiary/aromatic N) is 2. The van der Waals surface area contributed by atoms with Crippen molar-refractivity contribution in [3.63, 3.8) is 0 Å². The van der Waals surface area contributed by atoms with Gasteiger partial charge in [0.05, 0.1) is 18.8 Å². The molecule has 0 aliphatic carbocycles. The predicted molar refractivity (Wildman–Crippen MR) is 120 cm³/mol. The lowest BCUT2D eigenvalue weighted by Gasteiger charge is -2.15. The van der Waals surface area contributed by atoms with Crippen LogP contribution in [0.4, 0.5) is 0 Å². The number of halogens is 1. The summed E-state index contributed by atoms with van der Waals surface area (Å²) in [6.07, 6.45) is 4.31. The molecule has 2 aromatic carbocycles. The molecule has 2 aromatic heterocycles. The Morgan fingerprint density at radius 1 is 1.03 bits per heavy atom. The molecule has 7 heteroatoms. The number of rotatable bonds is 4. The molecule has 0 spiro atoms. The summed E-state index contributed by atoms with van der Waals surface area (Å²) in [5.41, 5.74) is 5.13. The van der Waals surface area contributed by atoms with Crippen molar-refractivity contribution in [1.82, 2.24) is 15.1 Å². The third-order valence-corrected chi connectivity index (χ3v) is 5.39. The molecule has 1 N–H and O–H groups in total. The Morgan fingerprint density at radius 3 is 2.77 bits per heavy atom. The molecule has 0 saturated heterocycles. The van der Waals surface area contributed by atoms with E-state index >= 15 is 0 Å². The lowest BCUT2D eigenvalue weighted by Crippen LogP contribution is -2.19. The lowest BCUT2D eigenvalue weighted by atomic mass is 10.0. The van der Waals surface area contributed by atoms with Crippen LogP contribution in [-0.2, 0) is 17.8 Å². The molecule has 0 amide bonds. The number of nitrogens with one attached hydrogen (secondary N) is 1. The Hall–Kier alpha value is -3.48. The average Bonchev–Trinajstić information content (AvgIpc) is 3.27. The van der Waals surface area contributed by atoms with Crippen LogP contribution in [0, 0.1) is 0 Å². The van der Waals surface area contributed by atoms with Crippen molar-refractivity contribution in [2.45, 2.75) is 13.0 Å². The van der Waals surface area contributed by atoms with Crippen LogP contribution in [0.25, 0.3) is 34.7 Å². The zero-order valence-corrected chi connectivity index (χ0v) is 17.2. The first-order valence-electron chi connectivity index (χ1n) is 9.87. The summed E-state index contributed by atoms with van der Waals surface area (Å²) in [5.74, 6) is 0.574. The third kappa shape index (κ3) is 4.21. The first-order valence-corrected chi connectivity index (χ1v) is 10.2. The van der Waals surface area contributed by atoms with Crippen LogP contribution >= 0.6 is 11.6 Å². The molecule has 0 unspecified atom stereocenters. The smallest absolute Gasteiger partial charge is 0.259 e. The number of hydrogen-bond acceptors (Lipinski definition) is 5. The van der Waals surface area contributed by atoms with Crippen molar-refractivity contribution in [1.29, 1.82) is 0 Å². The molecule has 3 heterocycles. The van der Waals surface area contributed by atoms with Crippen LogP contribution in [0.3, 0.4) is 0 Å². The van der Waals surface area contributed by atoms with Crippen LogP contribution in [0.2, 0.25) is 5.02 Å². The van der Waals surface area contributed by atoms with Crippen LogP contribution in [-0.4, -0.2) is 21.7 Å². The van der Waals surface area contributed by atoms with Crippen molar-refractivity contribution in [3.05, 3.63) is 92.7 Å². The van der Waals surface area contributed by atoms with Crippen molar-refractivity contribution in [2.75, 3.05) is 6.61 Å².